The number of Topliss-reactive ketones (excluding diaryl/α,β-unsaturated/α-hetero) is 1. The van der Waals surface area contributed by atoms with Crippen LogP contribution in [-0.2, 0) is 4.79 Å². The fraction of sp³-hybridized carbons (Fsp3) is 0.500. The molecule has 19 heavy (non-hydrogen) atoms. The highest BCUT2D eigenvalue weighted by molar-refractivity contribution is 5.97. The first kappa shape index (κ1) is 15.4. The molecule has 1 aromatic rings. The molecular formula is C16H23NO2. The maximum atomic E-state index is 12.1. The zero-order valence-corrected chi connectivity index (χ0v) is 12.0. The zero-order valence-electron chi connectivity index (χ0n) is 12.0. The first-order valence-corrected chi connectivity index (χ1v) is 7.00. The highest BCUT2D eigenvalue weighted by Gasteiger charge is 2.16. The van der Waals surface area contributed by atoms with Crippen LogP contribution in [0.15, 0.2) is 24.3 Å². The average molecular weight is 261 g/mol. The van der Waals surface area contributed by atoms with Gasteiger partial charge in [-0.25, -0.2) is 0 Å². The van der Waals surface area contributed by atoms with Crippen molar-refractivity contribution in [2.45, 2.75) is 46.5 Å². The van der Waals surface area contributed by atoms with Crippen LogP contribution in [0.2, 0.25) is 0 Å². The number of anilines is 1. The van der Waals surface area contributed by atoms with Crippen molar-refractivity contribution in [2.75, 3.05) is 5.32 Å². The Bertz CT molecular complexity index is 440. The first-order chi connectivity index (χ1) is 9.08. The third kappa shape index (κ3) is 4.86. The van der Waals surface area contributed by atoms with E-state index in [0.29, 0.717) is 11.3 Å². The highest BCUT2D eigenvalue weighted by Crippen LogP contribution is 2.17. The molecule has 0 saturated heterocycles. The largest absolute Gasteiger partial charge is 0.326 e. The lowest BCUT2D eigenvalue weighted by Gasteiger charge is -2.14. The molecule has 0 heterocycles. The molecule has 0 fully saturated rings. The van der Waals surface area contributed by atoms with Crippen LogP contribution >= 0.6 is 0 Å². The predicted octanol–water partition coefficient (Wildman–Crippen LogP) is 4.04. The van der Waals surface area contributed by atoms with E-state index >= 15 is 0 Å². The lowest BCUT2D eigenvalue weighted by Crippen LogP contribution is -2.22. The van der Waals surface area contributed by atoms with E-state index in [1.807, 2.05) is 13.0 Å². The van der Waals surface area contributed by atoms with Gasteiger partial charge in [-0.05, 0) is 31.9 Å². The van der Waals surface area contributed by atoms with Gasteiger partial charge >= 0.3 is 0 Å². The fourth-order valence-corrected chi connectivity index (χ4v) is 2.03. The molecule has 1 unspecified atom stereocenters. The van der Waals surface area contributed by atoms with Gasteiger partial charge in [0.2, 0.25) is 5.91 Å². The molecule has 1 amide bonds. The normalized spacial score (nSPS) is 11.9. The number of hydrogen-bond acceptors (Lipinski definition) is 2. The molecule has 1 aromatic carbocycles. The Morgan fingerprint density at radius 2 is 2.00 bits per heavy atom. The summed E-state index contributed by atoms with van der Waals surface area (Å²) in [5.74, 6) is 0.117. The van der Waals surface area contributed by atoms with Gasteiger partial charge in [-0.3, -0.25) is 9.59 Å². The second kappa shape index (κ2) is 7.72. The van der Waals surface area contributed by atoms with Crippen LogP contribution in [-0.4, -0.2) is 11.7 Å². The van der Waals surface area contributed by atoms with Crippen molar-refractivity contribution in [1.82, 2.24) is 0 Å². The van der Waals surface area contributed by atoms with E-state index < -0.39 is 0 Å². The molecule has 1 rings (SSSR count). The fourth-order valence-electron chi connectivity index (χ4n) is 2.03. The summed E-state index contributed by atoms with van der Waals surface area (Å²) < 4.78 is 0. The third-order valence-electron chi connectivity index (χ3n) is 3.31. The minimum absolute atomic E-state index is 0.00845. The van der Waals surface area contributed by atoms with Gasteiger partial charge in [0.1, 0.15) is 0 Å². The van der Waals surface area contributed by atoms with Gasteiger partial charge in [-0.15, -0.1) is 0 Å². The van der Waals surface area contributed by atoms with Crippen molar-refractivity contribution >= 4 is 17.4 Å². The predicted molar refractivity (Wildman–Crippen MR) is 78.4 cm³/mol. The smallest absolute Gasteiger partial charge is 0.227 e. The van der Waals surface area contributed by atoms with Crippen LogP contribution in [0.3, 0.4) is 0 Å². The molecule has 0 aliphatic heterocycles. The van der Waals surface area contributed by atoms with Crippen LogP contribution in [0.5, 0.6) is 0 Å². The molecule has 0 saturated carbocycles. The molecule has 1 atom stereocenters. The number of unbranched alkanes of at least 4 members (excludes halogenated alkanes) is 1. The van der Waals surface area contributed by atoms with Gasteiger partial charge in [-0.1, -0.05) is 38.8 Å². The second-order valence-electron chi connectivity index (χ2n) is 4.87. The molecule has 104 valence electrons. The van der Waals surface area contributed by atoms with E-state index in [4.69, 9.17) is 0 Å². The van der Waals surface area contributed by atoms with E-state index in [1.54, 1.807) is 18.2 Å². The average Bonchev–Trinajstić information content (AvgIpc) is 2.40. The molecular weight excluding hydrogens is 238 g/mol. The van der Waals surface area contributed by atoms with Crippen molar-refractivity contribution in [1.29, 1.82) is 0 Å². The Balaban J connectivity index is 2.69. The van der Waals surface area contributed by atoms with Gasteiger partial charge in [0.15, 0.2) is 5.78 Å². The Morgan fingerprint density at radius 1 is 1.26 bits per heavy atom. The standard InChI is InChI=1S/C16H23NO2/c1-4-6-8-13(5-2)16(19)17-15-10-7-9-14(11-15)12(3)18/h7,9-11,13H,4-6,8H2,1-3H3,(H,17,19). The van der Waals surface area contributed by atoms with Gasteiger partial charge in [0.05, 0.1) is 0 Å². The quantitative estimate of drug-likeness (QED) is 0.753. The maximum Gasteiger partial charge on any atom is 0.227 e. The summed E-state index contributed by atoms with van der Waals surface area (Å²) in [6, 6.07) is 7.09. The molecule has 1 N–H and O–H groups in total. The lowest BCUT2D eigenvalue weighted by molar-refractivity contribution is -0.120. The van der Waals surface area contributed by atoms with Crippen LogP contribution in [0.1, 0.15) is 56.8 Å². The van der Waals surface area contributed by atoms with Gasteiger partial charge < -0.3 is 5.32 Å². The first-order valence-electron chi connectivity index (χ1n) is 7.00. The molecule has 0 bridgehead atoms. The molecule has 3 nitrogen and oxygen atoms in total. The monoisotopic (exact) mass is 261 g/mol. The minimum Gasteiger partial charge on any atom is -0.326 e. The van der Waals surface area contributed by atoms with E-state index in [0.717, 1.165) is 25.7 Å². The number of ketones is 1. The summed E-state index contributed by atoms with van der Waals surface area (Å²) in [6.45, 7) is 5.68. The summed E-state index contributed by atoms with van der Waals surface area (Å²) in [6.07, 6.45) is 3.94. The summed E-state index contributed by atoms with van der Waals surface area (Å²) >= 11 is 0. The van der Waals surface area contributed by atoms with Crippen LogP contribution in [0, 0.1) is 5.92 Å². The van der Waals surface area contributed by atoms with E-state index in [9.17, 15) is 9.59 Å². The second-order valence-corrected chi connectivity index (χ2v) is 4.87. The molecule has 0 aliphatic carbocycles. The Labute approximate surface area is 115 Å². The van der Waals surface area contributed by atoms with Crippen LogP contribution in [0.4, 0.5) is 5.69 Å². The van der Waals surface area contributed by atoms with Crippen molar-refractivity contribution in [2.24, 2.45) is 5.92 Å². The van der Waals surface area contributed by atoms with Crippen molar-refractivity contribution in [3.05, 3.63) is 29.8 Å². The molecule has 0 aromatic heterocycles. The maximum absolute atomic E-state index is 12.1. The number of benzene rings is 1. The van der Waals surface area contributed by atoms with Crippen LogP contribution in [0.25, 0.3) is 0 Å². The van der Waals surface area contributed by atoms with E-state index in [1.165, 1.54) is 6.92 Å². The van der Waals surface area contributed by atoms with Crippen LogP contribution < -0.4 is 5.32 Å². The summed E-state index contributed by atoms with van der Waals surface area (Å²) in [7, 11) is 0. The molecule has 0 spiro atoms. The number of hydrogen-bond donors (Lipinski definition) is 1. The number of amides is 1. The summed E-state index contributed by atoms with van der Waals surface area (Å²) in [4.78, 5) is 23.4. The highest BCUT2D eigenvalue weighted by atomic mass is 16.2. The Morgan fingerprint density at radius 3 is 2.58 bits per heavy atom. The third-order valence-corrected chi connectivity index (χ3v) is 3.31. The topological polar surface area (TPSA) is 46.2 Å². The summed E-state index contributed by atoms with van der Waals surface area (Å²) in [5, 5.41) is 2.91. The SMILES string of the molecule is CCCCC(CC)C(=O)Nc1cccc(C(C)=O)c1. The minimum atomic E-state index is 0.00845. The molecule has 0 radical (unpaired) electrons. The van der Waals surface area contributed by atoms with Gasteiger partial charge in [0, 0.05) is 17.2 Å². The molecule has 0 aliphatic rings. The number of nitrogens with one attached hydrogen (secondary N) is 1. The van der Waals surface area contributed by atoms with E-state index in [-0.39, 0.29) is 17.6 Å². The van der Waals surface area contributed by atoms with Crippen molar-refractivity contribution < 1.29 is 9.59 Å². The van der Waals surface area contributed by atoms with Crippen molar-refractivity contribution in [3.63, 3.8) is 0 Å². The molecule has 3 heteroatoms. The number of carbonyl (C=O) groups excluding carboxylic acids is 2. The van der Waals surface area contributed by atoms with E-state index in [2.05, 4.69) is 12.2 Å². The number of rotatable bonds is 7. The van der Waals surface area contributed by atoms with Gasteiger partial charge in [-0.2, -0.15) is 0 Å². The zero-order chi connectivity index (χ0) is 14.3. The summed E-state index contributed by atoms with van der Waals surface area (Å²) in [5.41, 5.74) is 1.33. The lowest BCUT2D eigenvalue weighted by atomic mass is 9.98. The Hall–Kier alpha value is -1.64. The Kier molecular flexibility index (Phi) is 6.26. The number of carbonyl (C=O) groups is 2. The van der Waals surface area contributed by atoms with Gasteiger partial charge in [0.25, 0.3) is 0 Å². The van der Waals surface area contributed by atoms with Crippen molar-refractivity contribution in [3.8, 4) is 0 Å².